The van der Waals surface area contributed by atoms with E-state index in [1.807, 2.05) is 18.3 Å². The van der Waals surface area contributed by atoms with Gasteiger partial charge in [0.25, 0.3) is 0 Å². The van der Waals surface area contributed by atoms with Gasteiger partial charge in [-0.1, -0.05) is 29.8 Å². The number of hydrogen-bond donors (Lipinski definition) is 1. The van der Waals surface area contributed by atoms with E-state index in [1.54, 1.807) is 12.1 Å². The fraction of sp³-hybridized carbons (Fsp3) is 0.176. The Labute approximate surface area is 127 Å². The molecule has 3 aromatic rings. The number of nitrogens with two attached hydrogens (primary N) is 1. The second-order valence-electron chi connectivity index (χ2n) is 5.07. The molecule has 0 aliphatic heterocycles. The molecule has 0 bridgehead atoms. The zero-order valence-corrected chi connectivity index (χ0v) is 12.3. The van der Waals surface area contributed by atoms with Crippen LogP contribution in [-0.4, -0.2) is 11.1 Å². The Hall–Kier alpha value is -1.84. The Kier molecular flexibility index (Phi) is 3.95. The van der Waals surface area contributed by atoms with Gasteiger partial charge in [0, 0.05) is 16.8 Å². The van der Waals surface area contributed by atoms with Crippen molar-refractivity contribution in [2.45, 2.75) is 13.0 Å². The fourth-order valence-corrected chi connectivity index (χ4v) is 2.87. The number of para-hydroxylation sites is 1. The van der Waals surface area contributed by atoms with Gasteiger partial charge in [-0.25, -0.2) is 4.39 Å². The Bertz CT molecular complexity index is 780. The Morgan fingerprint density at radius 3 is 2.76 bits per heavy atom. The average molecular weight is 303 g/mol. The first-order valence-electron chi connectivity index (χ1n) is 6.90. The molecule has 0 aliphatic rings. The monoisotopic (exact) mass is 302 g/mol. The van der Waals surface area contributed by atoms with E-state index in [-0.39, 0.29) is 5.82 Å². The molecule has 0 spiro atoms. The molecule has 2 nitrogen and oxygen atoms in total. The van der Waals surface area contributed by atoms with Gasteiger partial charge >= 0.3 is 0 Å². The highest BCUT2D eigenvalue weighted by Crippen LogP contribution is 2.23. The lowest BCUT2D eigenvalue weighted by Gasteiger charge is -2.10. The Balaban J connectivity index is 2.06. The molecule has 0 saturated carbocycles. The Morgan fingerprint density at radius 1 is 1.10 bits per heavy atom. The molecule has 3 rings (SSSR count). The molecular weight excluding hydrogens is 287 g/mol. The SMILES string of the molecule is NCCc1cccc2ccn(Cc3cc(Cl)ccc3F)c12. The van der Waals surface area contributed by atoms with E-state index in [1.165, 1.54) is 11.6 Å². The van der Waals surface area contributed by atoms with Crippen LogP contribution < -0.4 is 5.73 Å². The zero-order valence-electron chi connectivity index (χ0n) is 11.5. The van der Waals surface area contributed by atoms with Gasteiger partial charge in [-0.05, 0) is 48.2 Å². The third-order valence-corrected chi connectivity index (χ3v) is 3.87. The molecule has 0 unspecified atom stereocenters. The third-order valence-electron chi connectivity index (χ3n) is 3.63. The summed E-state index contributed by atoms with van der Waals surface area (Å²) in [7, 11) is 0. The summed E-state index contributed by atoms with van der Waals surface area (Å²) < 4.78 is 16.0. The molecule has 0 amide bonds. The van der Waals surface area contributed by atoms with E-state index >= 15 is 0 Å². The summed E-state index contributed by atoms with van der Waals surface area (Å²) in [4.78, 5) is 0. The first-order chi connectivity index (χ1) is 10.2. The van der Waals surface area contributed by atoms with Gasteiger partial charge in [-0.2, -0.15) is 0 Å². The number of halogens is 2. The molecule has 21 heavy (non-hydrogen) atoms. The highest BCUT2D eigenvalue weighted by Gasteiger charge is 2.09. The number of hydrogen-bond acceptors (Lipinski definition) is 1. The lowest BCUT2D eigenvalue weighted by Crippen LogP contribution is -2.06. The number of aromatic nitrogens is 1. The molecule has 2 aromatic carbocycles. The topological polar surface area (TPSA) is 30.9 Å². The molecule has 4 heteroatoms. The summed E-state index contributed by atoms with van der Waals surface area (Å²) in [6, 6.07) is 12.8. The summed E-state index contributed by atoms with van der Waals surface area (Å²) in [6.45, 7) is 1.05. The normalized spacial score (nSPS) is 11.2. The average Bonchev–Trinajstić information content (AvgIpc) is 2.88. The van der Waals surface area contributed by atoms with E-state index in [9.17, 15) is 4.39 Å². The lowest BCUT2D eigenvalue weighted by molar-refractivity contribution is 0.602. The van der Waals surface area contributed by atoms with Crippen LogP contribution >= 0.6 is 11.6 Å². The van der Waals surface area contributed by atoms with Crippen LogP contribution in [0.4, 0.5) is 4.39 Å². The number of fused-ring (bicyclic) bond motifs is 1. The van der Waals surface area contributed by atoms with Crippen LogP contribution in [0.15, 0.2) is 48.7 Å². The first-order valence-corrected chi connectivity index (χ1v) is 7.27. The molecule has 0 fully saturated rings. The van der Waals surface area contributed by atoms with E-state index in [0.717, 1.165) is 17.3 Å². The van der Waals surface area contributed by atoms with Crippen molar-refractivity contribution in [1.29, 1.82) is 0 Å². The van der Waals surface area contributed by atoms with Crippen LogP contribution in [0, 0.1) is 5.82 Å². The summed E-state index contributed by atoms with van der Waals surface area (Å²) in [6.07, 6.45) is 2.78. The van der Waals surface area contributed by atoms with E-state index in [0.29, 0.717) is 23.7 Å². The number of benzene rings is 2. The van der Waals surface area contributed by atoms with Gasteiger partial charge in [0.05, 0.1) is 12.1 Å². The third kappa shape index (κ3) is 2.80. The van der Waals surface area contributed by atoms with Crippen molar-refractivity contribution in [2.24, 2.45) is 5.73 Å². The van der Waals surface area contributed by atoms with Crippen molar-refractivity contribution in [3.05, 3.63) is 70.6 Å². The van der Waals surface area contributed by atoms with Crippen molar-refractivity contribution < 1.29 is 4.39 Å². The molecule has 0 aliphatic carbocycles. The predicted octanol–water partition coefficient (Wildman–Crippen LogP) is 3.98. The summed E-state index contributed by atoms with van der Waals surface area (Å²) in [5.74, 6) is -0.238. The van der Waals surface area contributed by atoms with E-state index in [2.05, 4.69) is 16.7 Å². The smallest absolute Gasteiger partial charge is 0.128 e. The summed E-state index contributed by atoms with van der Waals surface area (Å²) in [5.41, 5.74) is 8.56. The highest BCUT2D eigenvalue weighted by atomic mass is 35.5. The van der Waals surface area contributed by atoms with Gasteiger partial charge in [0.1, 0.15) is 5.82 Å². The predicted molar refractivity (Wildman–Crippen MR) is 85.2 cm³/mol. The zero-order chi connectivity index (χ0) is 14.8. The van der Waals surface area contributed by atoms with Gasteiger partial charge in [-0.3, -0.25) is 0 Å². The van der Waals surface area contributed by atoms with Crippen molar-refractivity contribution in [3.8, 4) is 0 Å². The molecule has 2 N–H and O–H groups in total. The number of nitrogens with zero attached hydrogens (tertiary/aromatic N) is 1. The first kappa shape index (κ1) is 14.1. The van der Waals surface area contributed by atoms with Crippen LogP contribution in [0.1, 0.15) is 11.1 Å². The van der Waals surface area contributed by atoms with Crippen LogP contribution in [0.5, 0.6) is 0 Å². The molecule has 0 atom stereocenters. The maximum Gasteiger partial charge on any atom is 0.128 e. The molecule has 108 valence electrons. The second kappa shape index (κ2) is 5.88. The highest BCUT2D eigenvalue weighted by molar-refractivity contribution is 6.30. The maximum absolute atomic E-state index is 13.9. The molecule has 0 radical (unpaired) electrons. The molecular formula is C17H16ClFN2. The van der Waals surface area contributed by atoms with Gasteiger partial charge in [0.15, 0.2) is 0 Å². The minimum Gasteiger partial charge on any atom is -0.343 e. The molecule has 0 saturated heterocycles. The van der Waals surface area contributed by atoms with Gasteiger partial charge in [0.2, 0.25) is 0 Å². The van der Waals surface area contributed by atoms with Crippen molar-refractivity contribution in [2.75, 3.05) is 6.54 Å². The summed E-state index contributed by atoms with van der Waals surface area (Å²) >= 11 is 5.96. The van der Waals surface area contributed by atoms with Crippen LogP contribution in [0.25, 0.3) is 10.9 Å². The second-order valence-corrected chi connectivity index (χ2v) is 5.51. The quantitative estimate of drug-likeness (QED) is 0.776. The number of rotatable bonds is 4. The standard InChI is InChI=1S/C17H16ClFN2/c18-15-4-5-16(19)14(10-15)11-21-9-7-13-3-1-2-12(6-8-20)17(13)21/h1-5,7,9-10H,6,8,11,20H2. The van der Waals surface area contributed by atoms with E-state index < -0.39 is 0 Å². The van der Waals surface area contributed by atoms with Gasteiger partial charge < -0.3 is 10.3 Å². The van der Waals surface area contributed by atoms with Crippen molar-refractivity contribution >= 4 is 22.5 Å². The molecule has 1 aromatic heterocycles. The van der Waals surface area contributed by atoms with Crippen molar-refractivity contribution in [3.63, 3.8) is 0 Å². The maximum atomic E-state index is 13.9. The summed E-state index contributed by atoms with van der Waals surface area (Å²) in [5, 5.41) is 1.69. The molecule has 1 heterocycles. The van der Waals surface area contributed by atoms with E-state index in [4.69, 9.17) is 17.3 Å². The lowest BCUT2D eigenvalue weighted by atomic mass is 10.1. The van der Waals surface area contributed by atoms with Gasteiger partial charge in [-0.15, -0.1) is 0 Å². The van der Waals surface area contributed by atoms with Crippen molar-refractivity contribution in [1.82, 2.24) is 4.57 Å². The minimum absolute atomic E-state index is 0.238. The van der Waals surface area contributed by atoms with Crippen LogP contribution in [0.2, 0.25) is 5.02 Å². The Morgan fingerprint density at radius 2 is 1.95 bits per heavy atom. The largest absolute Gasteiger partial charge is 0.343 e. The fourth-order valence-electron chi connectivity index (χ4n) is 2.68. The van der Waals surface area contributed by atoms with Crippen LogP contribution in [-0.2, 0) is 13.0 Å². The van der Waals surface area contributed by atoms with Crippen LogP contribution in [0.3, 0.4) is 0 Å². The minimum atomic E-state index is -0.238.